The predicted octanol–water partition coefficient (Wildman–Crippen LogP) is 4.16. The Hall–Kier alpha value is -1.48. The number of methoxy groups -OCH3 is 1. The van der Waals surface area contributed by atoms with E-state index < -0.39 is 0 Å². The fourth-order valence-electron chi connectivity index (χ4n) is 2.58. The van der Waals surface area contributed by atoms with Crippen molar-refractivity contribution in [3.8, 4) is 5.75 Å². The fraction of sp³-hybridized carbons (Fsp3) is 0.556. The molecule has 0 aliphatic carbocycles. The Labute approximate surface area is 130 Å². The van der Waals surface area contributed by atoms with Crippen molar-refractivity contribution in [2.24, 2.45) is 0 Å². The summed E-state index contributed by atoms with van der Waals surface area (Å²) in [6.45, 7) is 15.5. The van der Waals surface area contributed by atoms with Crippen molar-refractivity contribution in [3.63, 3.8) is 0 Å². The summed E-state index contributed by atoms with van der Waals surface area (Å²) in [6, 6.07) is 6.53. The van der Waals surface area contributed by atoms with E-state index in [-0.39, 0.29) is 6.04 Å². The molecule has 1 unspecified atom stereocenters. The molecule has 0 radical (unpaired) electrons. The number of likely N-dealkylation sites (N-methyl/N-ethyl adjacent to an activating group) is 1. The zero-order valence-electron chi connectivity index (χ0n) is 14.2. The molecule has 3 nitrogen and oxygen atoms in total. The molecule has 1 atom stereocenters. The van der Waals surface area contributed by atoms with Crippen LogP contribution in [0.4, 0.5) is 5.69 Å². The van der Waals surface area contributed by atoms with E-state index in [0.29, 0.717) is 0 Å². The molecule has 0 heterocycles. The Morgan fingerprint density at radius 3 is 2.62 bits per heavy atom. The summed E-state index contributed by atoms with van der Waals surface area (Å²) < 4.78 is 5.60. The molecule has 0 saturated carbocycles. The van der Waals surface area contributed by atoms with E-state index in [1.165, 1.54) is 16.8 Å². The first-order valence-electron chi connectivity index (χ1n) is 7.84. The number of hydrogen-bond donors (Lipinski definition) is 1. The first kappa shape index (κ1) is 17.6. The van der Waals surface area contributed by atoms with Crippen LogP contribution in [0.1, 0.15) is 45.7 Å². The van der Waals surface area contributed by atoms with Gasteiger partial charge in [0.05, 0.1) is 7.11 Å². The van der Waals surface area contributed by atoms with Crippen LogP contribution in [0.5, 0.6) is 5.75 Å². The molecule has 0 amide bonds. The van der Waals surface area contributed by atoms with Crippen molar-refractivity contribution in [3.05, 3.63) is 35.9 Å². The van der Waals surface area contributed by atoms with E-state index >= 15 is 0 Å². The molecule has 0 aromatic heterocycles. The van der Waals surface area contributed by atoms with Crippen LogP contribution in [0.15, 0.2) is 30.4 Å². The van der Waals surface area contributed by atoms with Gasteiger partial charge in [0.2, 0.25) is 0 Å². The molecule has 0 aliphatic rings. The highest BCUT2D eigenvalue weighted by atomic mass is 16.5. The molecule has 1 N–H and O–H groups in total. The molecule has 0 bridgehead atoms. The van der Waals surface area contributed by atoms with Gasteiger partial charge >= 0.3 is 0 Å². The lowest BCUT2D eigenvalue weighted by molar-refractivity contribution is 0.401. The molecule has 0 aliphatic heterocycles. The number of benzene rings is 1. The average Bonchev–Trinajstić information content (AvgIpc) is 2.49. The maximum atomic E-state index is 5.60. The summed E-state index contributed by atoms with van der Waals surface area (Å²) >= 11 is 0. The highest BCUT2D eigenvalue weighted by Crippen LogP contribution is 2.34. The van der Waals surface area contributed by atoms with E-state index in [0.717, 1.165) is 31.8 Å². The van der Waals surface area contributed by atoms with Crippen molar-refractivity contribution in [2.45, 2.75) is 40.2 Å². The van der Waals surface area contributed by atoms with Crippen LogP contribution >= 0.6 is 0 Å². The van der Waals surface area contributed by atoms with Gasteiger partial charge in [-0.2, -0.15) is 0 Å². The van der Waals surface area contributed by atoms with Crippen LogP contribution in [0.2, 0.25) is 0 Å². The van der Waals surface area contributed by atoms with Crippen molar-refractivity contribution in [1.29, 1.82) is 0 Å². The zero-order valence-corrected chi connectivity index (χ0v) is 14.2. The Morgan fingerprint density at radius 1 is 1.38 bits per heavy atom. The molecule has 118 valence electrons. The van der Waals surface area contributed by atoms with Gasteiger partial charge in [0.1, 0.15) is 5.75 Å². The molecule has 21 heavy (non-hydrogen) atoms. The summed E-state index contributed by atoms with van der Waals surface area (Å²) in [6.07, 6.45) is 1.12. The second kappa shape index (κ2) is 8.73. The van der Waals surface area contributed by atoms with E-state index in [1.807, 2.05) is 6.07 Å². The number of rotatable bonds is 9. The highest BCUT2D eigenvalue weighted by molar-refractivity contribution is 5.61. The number of nitrogens with one attached hydrogen (secondary N) is 1. The number of nitrogens with zero attached hydrogens (tertiary/aromatic N) is 1. The molecular weight excluding hydrogens is 260 g/mol. The van der Waals surface area contributed by atoms with Gasteiger partial charge in [-0.25, -0.2) is 0 Å². The minimum atomic E-state index is 0.260. The van der Waals surface area contributed by atoms with Crippen LogP contribution in [0.3, 0.4) is 0 Å². The van der Waals surface area contributed by atoms with Gasteiger partial charge in [0, 0.05) is 30.4 Å². The van der Waals surface area contributed by atoms with Gasteiger partial charge < -0.3 is 15.0 Å². The fourth-order valence-corrected chi connectivity index (χ4v) is 2.58. The lowest BCUT2D eigenvalue weighted by Crippen LogP contribution is -2.28. The Balaban J connectivity index is 3.20. The third-order valence-corrected chi connectivity index (χ3v) is 3.58. The van der Waals surface area contributed by atoms with Crippen LogP contribution < -0.4 is 15.0 Å². The third-order valence-electron chi connectivity index (χ3n) is 3.58. The quantitative estimate of drug-likeness (QED) is 0.691. The monoisotopic (exact) mass is 290 g/mol. The minimum absolute atomic E-state index is 0.260. The molecule has 1 aromatic rings. The number of ether oxygens (including phenoxy) is 1. The van der Waals surface area contributed by atoms with Gasteiger partial charge in [-0.15, -0.1) is 0 Å². The number of hydrogen-bond acceptors (Lipinski definition) is 3. The molecular formula is C18H30N2O. The maximum absolute atomic E-state index is 5.60. The minimum Gasteiger partial charge on any atom is -0.496 e. The standard InChI is InChI=1S/C18H30N2O/c1-7-12-19-15(5)18-16(10-9-11-17(18)21-6)20(8-2)13-14(3)4/h9-11,15,19H,3,7-8,12-13H2,1-2,4-6H3. The lowest BCUT2D eigenvalue weighted by atomic mass is 10.0. The van der Waals surface area contributed by atoms with Gasteiger partial charge in [0.15, 0.2) is 0 Å². The largest absolute Gasteiger partial charge is 0.496 e. The number of anilines is 1. The molecule has 0 saturated heterocycles. The molecule has 1 aromatic carbocycles. The topological polar surface area (TPSA) is 24.5 Å². The molecule has 0 fully saturated rings. The molecule has 0 spiro atoms. The molecule has 1 rings (SSSR count). The van der Waals surface area contributed by atoms with Crippen molar-refractivity contribution in [1.82, 2.24) is 5.32 Å². The van der Waals surface area contributed by atoms with E-state index in [1.54, 1.807) is 7.11 Å². The van der Waals surface area contributed by atoms with Crippen LogP contribution in [0, 0.1) is 0 Å². The Bertz CT molecular complexity index is 457. The van der Waals surface area contributed by atoms with E-state index in [9.17, 15) is 0 Å². The Morgan fingerprint density at radius 2 is 2.10 bits per heavy atom. The van der Waals surface area contributed by atoms with Crippen LogP contribution in [-0.4, -0.2) is 26.7 Å². The van der Waals surface area contributed by atoms with Gasteiger partial charge in [-0.3, -0.25) is 0 Å². The van der Waals surface area contributed by atoms with Crippen molar-refractivity contribution >= 4 is 5.69 Å². The van der Waals surface area contributed by atoms with Gasteiger partial charge in [-0.05, 0) is 45.9 Å². The summed E-state index contributed by atoms with van der Waals surface area (Å²) in [5, 5.41) is 3.57. The normalized spacial score (nSPS) is 12.0. The lowest BCUT2D eigenvalue weighted by Gasteiger charge is -2.29. The zero-order chi connectivity index (χ0) is 15.8. The second-order valence-corrected chi connectivity index (χ2v) is 5.54. The first-order valence-corrected chi connectivity index (χ1v) is 7.84. The van der Waals surface area contributed by atoms with Crippen molar-refractivity contribution in [2.75, 3.05) is 31.6 Å². The van der Waals surface area contributed by atoms with Crippen LogP contribution in [0.25, 0.3) is 0 Å². The predicted molar refractivity (Wildman–Crippen MR) is 92.4 cm³/mol. The van der Waals surface area contributed by atoms with Crippen LogP contribution in [-0.2, 0) is 0 Å². The molecule has 3 heteroatoms. The first-order chi connectivity index (χ1) is 10.0. The van der Waals surface area contributed by atoms with E-state index in [4.69, 9.17) is 4.74 Å². The Kier molecular flexibility index (Phi) is 7.30. The SMILES string of the molecule is C=C(C)CN(CC)c1cccc(OC)c1C(C)NCCC. The summed E-state index contributed by atoms with van der Waals surface area (Å²) in [4.78, 5) is 2.35. The van der Waals surface area contributed by atoms with Gasteiger partial charge in [0.25, 0.3) is 0 Å². The third kappa shape index (κ3) is 4.78. The van der Waals surface area contributed by atoms with Crippen molar-refractivity contribution < 1.29 is 4.74 Å². The smallest absolute Gasteiger partial charge is 0.125 e. The maximum Gasteiger partial charge on any atom is 0.125 e. The second-order valence-electron chi connectivity index (χ2n) is 5.54. The summed E-state index contributed by atoms with van der Waals surface area (Å²) in [5.74, 6) is 0.948. The van der Waals surface area contributed by atoms with E-state index in [2.05, 4.69) is 56.6 Å². The summed E-state index contributed by atoms with van der Waals surface area (Å²) in [7, 11) is 1.74. The average molecular weight is 290 g/mol. The highest BCUT2D eigenvalue weighted by Gasteiger charge is 2.19. The van der Waals surface area contributed by atoms with Gasteiger partial charge in [-0.1, -0.05) is 25.1 Å². The summed E-state index contributed by atoms with van der Waals surface area (Å²) in [5.41, 5.74) is 3.63.